The summed E-state index contributed by atoms with van der Waals surface area (Å²) in [5.41, 5.74) is 4.22. The van der Waals surface area contributed by atoms with Crippen LogP contribution in [0.3, 0.4) is 0 Å². The van der Waals surface area contributed by atoms with E-state index in [0.717, 1.165) is 11.1 Å². The van der Waals surface area contributed by atoms with E-state index in [9.17, 15) is 13.2 Å². The van der Waals surface area contributed by atoms with Gasteiger partial charge in [0.05, 0.1) is 17.4 Å². The number of aryl methyl sites for hydroxylation is 2. The number of hydrogen-bond acceptors (Lipinski definition) is 3. The van der Waals surface area contributed by atoms with Crippen molar-refractivity contribution in [2.45, 2.75) is 52.0 Å². The molecule has 28 heavy (non-hydrogen) atoms. The Kier molecular flexibility index (Phi) is 7.38. The van der Waals surface area contributed by atoms with Gasteiger partial charge in [-0.05, 0) is 55.2 Å². The number of sulfonamides is 1. The van der Waals surface area contributed by atoms with Gasteiger partial charge in [-0.15, -0.1) is 0 Å². The first-order valence-corrected chi connectivity index (χ1v) is 11.1. The van der Waals surface area contributed by atoms with Crippen molar-refractivity contribution in [3.05, 3.63) is 64.7 Å². The van der Waals surface area contributed by atoms with Gasteiger partial charge in [0, 0.05) is 13.1 Å². The smallest absolute Gasteiger partial charge is 0.243 e. The Hall–Kier alpha value is -2.18. The number of amides is 1. The highest BCUT2D eigenvalue weighted by molar-refractivity contribution is 7.89. The molecule has 0 aliphatic rings. The minimum atomic E-state index is -3.47. The number of carbonyl (C=O) groups excluding carboxylic acids is 1. The molecule has 1 N–H and O–H groups in total. The van der Waals surface area contributed by atoms with E-state index in [2.05, 4.69) is 5.32 Å². The van der Waals surface area contributed by atoms with Gasteiger partial charge in [-0.2, -0.15) is 4.31 Å². The predicted molar refractivity (Wildman–Crippen MR) is 113 cm³/mol. The van der Waals surface area contributed by atoms with Gasteiger partial charge in [-0.1, -0.05) is 44.2 Å². The van der Waals surface area contributed by atoms with Gasteiger partial charge in [0.15, 0.2) is 0 Å². The van der Waals surface area contributed by atoms with Gasteiger partial charge in [0.25, 0.3) is 0 Å². The molecule has 0 fully saturated rings. The molecule has 5 nitrogen and oxygen atoms in total. The second kappa shape index (κ2) is 9.34. The Morgan fingerprint density at radius 3 is 2.14 bits per heavy atom. The Balaban J connectivity index is 2.05. The SMILES string of the molecule is CCN(CC)S(=O)(=O)c1ccc([C@@H](C)NC(=O)Cc2ccc(C)c(C)c2)cc1. The van der Waals surface area contributed by atoms with Gasteiger partial charge >= 0.3 is 0 Å². The van der Waals surface area contributed by atoms with Crippen LogP contribution in [0.15, 0.2) is 47.4 Å². The summed E-state index contributed by atoms with van der Waals surface area (Å²) >= 11 is 0. The van der Waals surface area contributed by atoms with Crippen molar-refractivity contribution in [3.8, 4) is 0 Å². The van der Waals surface area contributed by atoms with Crippen molar-refractivity contribution in [2.75, 3.05) is 13.1 Å². The molecule has 0 radical (unpaired) electrons. The molecule has 2 aromatic rings. The fraction of sp³-hybridized carbons (Fsp3) is 0.409. The third kappa shape index (κ3) is 5.20. The molecule has 6 heteroatoms. The number of nitrogens with zero attached hydrogens (tertiary/aromatic N) is 1. The molecular weight excluding hydrogens is 372 g/mol. The average molecular weight is 403 g/mol. The summed E-state index contributed by atoms with van der Waals surface area (Å²) in [4.78, 5) is 12.6. The van der Waals surface area contributed by atoms with E-state index in [1.54, 1.807) is 24.3 Å². The Labute approximate surface area is 168 Å². The lowest BCUT2D eigenvalue weighted by atomic mass is 10.0. The number of hydrogen-bond donors (Lipinski definition) is 1. The van der Waals surface area contributed by atoms with Crippen molar-refractivity contribution >= 4 is 15.9 Å². The second-order valence-corrected chi connectivity index (χ2v) is 8.98. The summed E-state index contributed by atoms with van der Waals surface area (Å²) in [7, 11) is -3.47. The first-order valence-electron chi connectivity index (χ1n) is 9.64. The first kappa shape index (κ1) is 22.1. The van der Waals surface area contributed by atoms with Crippen molar-refractivity contribution in [1.29, 1.82) is 0 Å². The molecule has 0 saturated heterocycles. The summed E-state index contributed by atoms with van der Waals surface area (Å²) in [5.74, 6) is -0.0596. The number of nitrogens with one attached hydrogen (secondary N) is 1. The maximum absolute atomic E-state index is 12.6. The van der Waals surface area contributed by atoms with Crippen LogP contribution in [0.5, 0.6) is 0 Å². The Morgan fingerprint density at radius 2 is 1.61 bits per heavy atom. The summed E-state index contributed by atoms with van der Waals surface area (Å²) in [6.45, 7) is 10.5. The van der Waals surface area contributed by atoms with Crippen molar-refractivity contribution in [2.24, 2.45) is 0 Å². The third-order valence-corrected chi connectivity index (χ3v) is 7.10. The third-order valence-electron chi connectivity index (χ3n) is 5.04. The average Bonchev–Trinajstić information content (AvgIpc) is 2.65. The quantitative estimate of drug-likeness (QED) is 0.731. The maximum atomic E-state index is 12.6. The zero-order valence-corrected chi connectivity index (χ0v) is 18.1. The molecule has 0 aromatic heterocycles. The van der Waals surface area contributed by atoms with Crippen LogP contribution >= 0.6 is 0 Å². The lowest BCUT2D eigenvalue weighted by Crippen LogP contribution is -2.30. The molecule has 0 spiro atoms. The van der Waals surface area contributed by atoms with Crippen LogP contribution in [-0.2, 0) is 21.2 Å². The van der Waals surface area contributed by atoms with Crippen LogP contribution in [0.1, 0.15) is 49.1 Å². The van der Waals surface area contributed by atoms with E-state index in [0.29, 0.717) is 19.5 Å². The van der Waals surface area contributed by atoms with Gasteiger partial charge in [-0.3, -0.25) is 4.79 Å². The minimum absolute atomic E-state index is 0.0596. The molecule has 152 valence electrons. The van der Waals surface area contributed by atoms with Crippen LogP contribution in [0.2, 0.25) is 0 Å². The van der Waals surface area contributed by atoms with Crippen LogP contribution in [-0.4, -0.2) is 31.7 Å². The molecule has 1 atom stereocenters. The number of rotatable bonds is 8. The molecule has 0 aliphatic carbocycles. The molecule has 0 heterocycles. The number of carbonyl (C=O) groups is 1. The van der Waals surface area contributed by atoms with E-state index in [-0.39, 0.29) is 16.8 Å². The van der Waals surface area contributed by atoms with E-state index in [1.807, 2.05) is 52.8 Å². The highest BCUT2D eigenvalue weighted by Crippen LogP contribution is 2.19. The van der Waals surface area contributed by atoms with Crippen molar-refractivity contribution < 1.29 is 13.2 Å². The van der Waals surface area contributed by atoms with Crippen molar-refractivity contribution in [3.63, 3.8) is 0 Å². The fourth-order valence-corrected chi connectivity index (χ4v) is 4.57. The summed E-state index contributed by atoms with van der Waals surface area (Å²) < 4.78 is 26.6. The molecule has 0 bridgehead atoms. The van der Waals surface area contributed by atoms with E-state index in [4.69, 9.17) is 0 Å². The normalized spacial score (nSPS) is 12.8. The monoisotopic (exact) mass is 402 g/mol. The minimum Gasteiger partial charge on any atom is -0.349 e. The van der Waals surface area contributed by atoms with Gasteiger partial charge in [0.1, 0.15) is 0 Å². The molecule has 2 aromatic carbocycles. The Morgan fingerprint density at radius 1 is 1.00 bits per heavy atom. The molecule has 2 rings (SSSR count). The molecule has 1 amide bonds. The standard InChI is InChI=1S/C22H30N2O3S/c1-6-24(7-2)28(26,27)21-12-10-20(11-13-21)18(5)23-22(25)15-19-9-8-16(3)17(4)14-19/h8-14,18H,6-7,15H2,1-5H3,(H,23,25)/t18-/m1/s1. The largest absolute Gasteiger partial charge is 0.349 e. The lowest BCUT2D eigenvalue weighted by Gasteiger charge is -2.19. The zero-order chi connectivity index (χ0) is 20.9. The second-order valence-electron chi connectivity index (χ2n) is 7.04. The van der Waals surface area contributed by atoms with Gasteiger partial charge in [-0.25, -0.2) is 8.42 Å². The molecule has 0 aliphatic heterocycles. The fourth-order valence-electron chi connectivity index (χ4n) is 3.12. The lowest BCUT2D eigenvalue weighted by molar-refractivity contribution is -0.121. The highest BCUT2D eigenvalue weighted by atomic mass is 32.2. The van der Waals surface area contributed by atoms with Crippen LogP contribution in [0, 0.1) is 13.8 Å². The summed E-state index contributed by atoms with van der Waals surface area (Å²) in [6.07, 6.45) is 0.319. The van der Waals surface area contributed by atoms with Crippen LogP contribution in [0.4, 0.5) is 0 Å². The van der Waals surface area contributed by atoms with Crippen LogP contribution < -0.4 is 5.32 Å². The zero-order valence-electron chi connectivity index (χ0n) is 17.3. The van der Waals surface area contributed by atoms with E-state index >= 15 is 0 Å². The molecule has 0 unspecified atom stereocenters. The molecular formula is C22H30N2O3S. The summed E-state index contributed by atoms with van der Waals surface area (Å²) in [6, 6.07) is 12.6. The van der Waals surface area contributed by atoms with Gasteiger partial charge in [0.2, 0.25) is 15.9 Å². The van der Waals surface area contributed by atoms with Crippen molar-refractivity contribution in [1.82, 2.24) is 9.62 Å². The predicted octanol–water partition coefficient (Wildman–Crippen LogP) is 3.75. The maximum Gasteiger partial charge on any atom is 0.243 e. The van der Waals surface area contributed by atoms with E-state index in [1.165, 1.54) is 15.4 Å². The first-order chi connectivity index (χ1) is 13.2. The summed E-state index contributed by atoms with van der Waals surface area (Å²) in [5, 5.41) is 2.98. The molecule has 0 saturated carbocycles. The Bertz CT molecular complexity index is 917. The van der Waals surface area contributed by atoms with E-state index < -0.39 is 10.0 Å². The van der Waals surface area contributed by atoms with Gasteiger partial charge < -0.3 is 5.32 Å². The highest BCUT2D eigenvalue weighted by Gasteiger charge is 2.21. The topological polar surface area (TPSA) is 66.5 Å². The van der Waals surface area contributed by atoms with Crippen LogP contribution in [0.25, 0.3) is 0 Å². The number of benzene rings is 2.